The molecule has 2 aromatic rings. The van der Waals surface area contributed by atoms with E-state index in [9.17, 15) is 9.18 Å². The van der Waals surface area contributed by atoms with Crippen molar-refractivity contribution in [2.24, 2.45) is 11.1 Å². The molecule has 146 valence electrons. The number of rotatable bonds is 6. The van der Waals surface area contributed by atoms with E-state index >= 15 is 0 Å². The van der Waals surface area contributed by atoms with Crippen LogP contribution in [0.2, 0.25) is 5.02 Å². The highest BCUT2D eigenvalue weighted by Crippen LogP contribution is 2.30. The molecule has 1 aliphatic heterocycles. The van der Waals surface area contributed by atoms with Gasteiger partial charge in [0.2, 0.25) is 5.91 Å². The lowest BCUT2D eigenvalue weighted by Crippen LogP contribution is -2.42. The van der Waals surface area contributed by atoms with Crippen molar-refractivity contribution < 1.29 is 14.0 Å². The highest BCUT2D eigenvalue weighted by molar-refractivity contribution is 6.30. The Labute approximate surface area is 168 Å². The van der Waals surface area contributed by atoms with Gasteiger partial charge in [-0.05, 0) is 36.6 Å². The molecule has 0 N–H and O–H groups in total. The van der Waals surface area contributed by atoms with E-state index in [-0.39, 0.29) is 23.7 Å². The van der Waals surface area contributed by atoms with Crippen molar-refractivity contribution in [3.8, 4) is 0 Å². The molecule has 0 aromatic heterocycles. The Balaban J connectivity index is 1.45. The van der Waals surface area contributed by atoms with Crippen LogP contribution in [0.15, 0.2) is 53.7 Å². The van der Waals surface area contributed by atoms with Gasteiger partial charge in [0.1, 0.15) is 5.82 Å². The zero-order chi connectivity index (χ0) is 19.5. The van der Waals surface area contributed by atoms with Gasteiger partial charge in [-0.3, -0.25) is 4.79 Å². The number of carbonyl (C=O) groups excluding carboxylic acids is 1. The van der Waals surface area contributed by atoms with Gasteiger partial charge in [-0.15, -0.1) is 0 Å². The molecule has 1 fully saturated rings. The summed E-state index contributed by atoms with van der Waals surface area (Å²) in [5.41, 5.74) is 2.02. The molecule has 1 amide bonds. The predicted octanol–water partition coefficient (Wildman–Crippen LogP) is 4.80. The topological polar surface area (TPSA) is 41.9 Å². The molecule has 2 aliphatic rings. The number of hydrogen-bond donors (Lipinski definition) is 0. The zero-order valence-corrected chi connectivity index (χ0v) is 16.2. The summed E-state index contributed by atoms with van der Waals surface area (Å²) in [6.45, 7) is 0.897. The lowest BCUT2D eigenvalue weighted by Gasteiger charge is -2.32. The van der Waals surface area contributed by atoms with Crippen molar-refractivity contribution in [1.82, 2.24) is 4.90 Å². The van der Waals surface area contributed by atoms with Gasteiger partial charge in [0.05, 0.1) is 12.3 Å². The smallest absolute Gasteiger partial charge is 0.226 e. The SMILES string of the molecule is O=C(C1CCC1)N(Cc1cccc(Cl)c1)CC1CC(c2ccccc2F)=NO1. The standard InChI is InChI=1S/C22H22ClFN2O2/c23-17-8-3-5-15(11-17)13-26(22(27)16-6-4-7-16)14-18-12-21(25-28-18)19-9-1-2-10-20(19)24/h1-3,5,8-11,16,18H,4,6-7,12-14H2. The second-order valence-corrected chi connectivity index (χ2v) is 7.86. The van der Waals surface area contributed by atoms with Gasteiger partial charge in [-0.1, -0.05) is 53.5 Å². The van der Waals surface area contributed by atoms with Crippen LogP contribution in [0.4, 0.5) is 4.39 Å². The fourth-order valence-electron chi connectivity index (χ4n) is 3.63. The molecule has 4 nitrogen and oxygen atoms in total. The molecular formula is C22H22ClFN2O2. The molecule has 1 aliphatic carbocycles. The second-order valence-electron chi connectivity index (χ2n) is 7.43. The first-order valence-electron chi connectivity index (χ1n) is 9.61. The van der Waals surface area contributed by atoms with Crippen LogP contribution in [0.5, 0.6) is 0 Å². The summed E-state index contributed by atoms with van der Waals surface area (Å²) in [7, 11) is 0. The Morgan fingerprint density at radius 2 is 2.04 bits per heavy atom. The minimum absolute atomic E-state index is 0.0903. The summed E-state index contributed by atoms with van der Waals surface area (Å²) in [6.07, 6.45) is 3.17. The highest BCUT2D eigenvalue weighted by Gasteiger charge is 2.33. The molecule has 0 saturated heterocycles. The number of halogens is 2. The second kappa shape index (κ2) is 8.31. The molecule has 4 rings (SSSR count). The van der Waals surface area contributed by atoms with E-state index in [4.69, 9.17) is 16.4 Å². The van der Waals surface area contributed by atoms with Crippen LogP contribution in [0.25, 0.3) is 0 Å². The first-order valence-corrected chi connectivity index (χ1v) is 9.99. The van der Waals surface area contributed by atoms with E-state index < -0.39 is 0 Å². The molecule has 0 radical (unpaired) electrons. The molecule has 28 heavy (non-hydrogen) atoms. The molecule has 2 aromatic carbocycles. The van der Waals surface area contributed by atoms with E-state index in [1.165, 1.54) is 6.07 Å². The number of benzene rings is 2. The molecule has 6 heteroatoms. The Kier molecular flexibility index (Phi) is 5.62. The Morgan fingerprint density at radius 3 is 2.75 bits per heavy atom. The van der Waals surface area contributed by atoms with Crippen molar-refractivity contribution in [3.05, 3.63) is 70.5 Å². The van der Waals surface area contributed by atoms with Crippen molar-refractivity contribution in [2.45, 2.75) is 38.3 Å². The summed E-state index contributed by atoms with van der Waals surface area (Å²) in [5.74, 6) is -0.0754. The zero-order valence-electron chi connectivity index (χ0n) is 15.5. The average molecular weight is 401 g/mol. The molecule has 1 saturated carbocycles. The van der Waals surface area contributed by atoms with Crippen LogP contribution >= 0.6 is 11.6 Å². The summed E-state index contributed by atoms with van der Waals surface area (Å²) >= 11 is 6.10. The van der Waals surface area contributed by atoms with Gasteiger partial charge >= 0.3 is 0 Å². The van der Waals surface area contributed by atoms with E-state index in [1.807, 2.05) is 29.2 Å². The molecule has 0 bridgehead atoms. The van der Waals surface area contributed by atoms with E-state index in [1.54, 1.807) is 18.2 Å². The van der Waals surface area contributed by atoms with Gasteiger partial charge in [0.15, 0.2) is 6.10 Å². The lowest BCUT2D eigenvalue weighted by atomic mass is 9.84. The first-order chi connectivity index (χ1) is 13.6. The third kappa shape index (κ3) is 4.20. The summed E-state index contributed by atoms with van der Waals surface area (Å²) < 4.78 is 14.0. The van der Waals surface area contributed by atoms with Crippen LogP contribution in [-0.4, -0.2) is 29.2 Å². The summed E-state index contributed by atoms with van der Waals surface area (Å²) in [4.78, 5) is 20.3. The maximum atomic E-state index is 14.0. The molecular weight excluding hydrogens is 379 g/mol. The van der Waals surface area contributed by atoms with Crippen molar-refractivity contribution in [2.75, 3.05) is 6.54 Å². The van der Waals surface area contributed by atoms with E-state index in [2.05, 4.69) is 5.16 Å². The third-order valence-electron chi connectivity index (χ3n) is 5.37. The van der Waals surface area contributed by atoms with Crippen LogP contribution in [0.3, 0.4) is 0 Å². The Bertz CT molecular complexity index is 898. The number of nitrogens with zero attached hydrogens (tertiary/aromatic N) is 2. The van der Waals surface area contributed by atoms with Gasteiger partial charge < -0.3 is 9.74 Å². The minimum Gasteiger partial charge on any atom is -0.390 e. The fraction of sp³-hybridized carbons (Fsp3) is 0.364. The average Bonchev–Trinajstić information content (AvgIpc) is 3.08. The maximum Gasteiger partial charge on any atom is 0.226 e. The maximum absolute atomic E-state index is 14.0. The van der Waals surface area contributed by atoms with Crippen molar-refractivity contribution >= 4 is 23.2 Å². The minimum atomic E-state index is -0.313. The van der Waals surface area contributed by atoms with Crippen LogP contribution < -0.4 is 0 Å². The predicted molar refractivity (Wildman–Crippen MR) is 107 cm³/mol. The number of oxime groups is 1. The van der Waals surface area contributed by atoms with Gasteiger partial charge in [0.25, 0.3) is 0 Å². The van der Waals surface area contributed by atoms with Crippen LogP contribution in [0, 0.1) is 11.7 Å². The summed E-state index contributed by atoms with van der Waals surface area (Å²) in [6, 6.07) is 14.1. The summed E-state index contributed by atoms with van der Waals surface area (Å²) in [5, 5.41) is 4.73. The fourth-order valence-corrected chi connectivity index (χ4v) is 3.84. The molecule has 1 atom stereocenters. The molecule has 1 heterocycles. The Morgan fingerprint density at radius 1 is 1.21 bits per heavy atom. The van der Waals surface area contributed by atoms with Crippen LogP contribution in [-0.2, 0) is 16.2 Å². The van der Waals surface area contributed by atoms with E-state index in [0.717, 1.165) is 24.8 Å². The van der Waals surface area contributed by atoms with Gasteiger partial charge in [-0.25, -0.2) is 4.39 Å². The first kappa shape index (κ1) is 18.9. The Hall–Kier alpha value is -2.40. The largest absolute Gasteiger partial charge is 0.390 e. The van der Waals surface area contributed by atoms with Crippen molar-refractivity contribution in [1.29, 1.82) is 0 Å². The number of carbonyl (C=O) groups is 1. The normalized spacial score (nSPS) is 18.9. The van der Waals surface area contributed by atoms with E-state index in [0.29, 0.717) is 35.8 Å². The monoisotopic (exact) mass is 400 g/mol. The van der Waals surface area contributed by atoms with Crippen molar-refractivity contribution in [3.63, 3.8) is 0 Å². The number of amides is 1. The number of hydrogen-bond acceptors (Lipinski definition) is 3. The molecule has 1 unspecified atom stereocenters. The van der Waals surface area contributed by atoms with Gasteiger partial charge in [-0.2, -0.15) is 0 Å². The van der Waals surface area contributed by atoms with Crippen LogP contribution in [0.1, 0.15) is 36.8 Å². The third-order valence-corrected chi connectivity index (χ3v) is 5.61. The lowest BCUT2D eigenvalue weighted by molar-refractivity contribution is -0.140. The van der Waals surface area contributed by atoms with Gasteiger partial charge in [0, 0.05) is 29.5 Å². The molecule has 0 spiro atoms. The highest BCUT2D eigenvalue weighted by atomic mass is 35.5. The quantitative estimate of drug-likeness (QED) is 0.698.